The molecule has 0 spiro atoms. The highest BCUT2D eigenvalue weighted by Gasteiger charge is 2.27. The van der Waals surface area contributed by atoms with Crippen molar-refractivity contribution in [2.24, 2.45) is 0 Å². The van der Waals surface area contributed by atoms with Gasteiger partial charge in [0, 0.05) is 18.5 Å². The van der Waals surface area contributed by atoms with Gasteiger partial charge in [0.05, 0.1) is 0 Å². The number of unbranched alkanes of at least 4 members (excludes halogenated alkanes) is 4. The summed E-state index contributed by atoms with van der Waals surface area (Å²) in [7, 11) is 0. The number of hydrogen-bond donors (Lipinski definition) is 1. The number of benzene rings is 1. The maximum atomic E-state index is 13.2. The Bertz CT molecular complexity index is 685. The number of Topliss-reactive ketones (excluding diaryl/α,β-unsaturated/α-hetero) is 1. The largest absolute Gasteiger partial charge is 0.486 e. The summed E-state index contributed by atoms with van der Waals surface area (Å²) in [5.41, 5.74) is 0.557. The Labute approximate surface area is 173 Å². The lowest BCUT2D eigenvalue weighted by Crippen LogP contribution is -2.48. The number of hydrogen-bond acceptors (Lipinski definition) is 5. The molecule has 2 aliphatic heterocycles. The van der Waals surface area contributed by atoms with Gasteiger partial charge in [0.1, 0.15) is 19.3 Å². The summed E-state index contributed by atoms with van der Waals surface area (Å²) in [5, 5.41) is 3.01. The van der Waals surface area contributed by atoms with E-state index in [-0.39, 0.29) is 11.7 Å². The van der Waals surface area contributed by atoms with Crippen molar-refractivity contribution in [2.75, 3.05) is 32.8 Å². The summed E-state index contributed by atoms with van der Waals surface area (Å²) in [6.07, 6.45) is 8.28. The highest BCUT2D eigenvalue weighted by Crippen LogP contribution is 2.31. The summed E-state index contributed by atoms with van der Waals surface area (Å²) in [5.74, 6) is 1.18. The van der Waals surface area contributed by atoms with Crippen molar-refractivity contribution in [3.8, 4) is 11.5 Å². The molecule has 2 aliphatic rings. The van der Waals surface area contributed by atoms with Crippen LogP contribution in [0, 0.1) is 0 Å². The monoisotopic (exact) mass is 402 g/mol. The molecule has 1 unspecified atom stereocenters. The molecule has 1 aromatic carbocycles. The van der Waals surface area contributed by atoms with Crippen LogP contribution in [0.1, 0.15) is 68.6 Å². The first-order valence-corrected chi connectivity index (χ1v) is 11.1. The maximum absolute atomic E-state index is 13.2. The van der Waals surface area contributed by atoms with Gasteiger partial charge in [-0.15, -0.1) is 0 Å². The standard InChI is InChI=1S/C23H34N2O4/c1-2-3-4-5-6-9-22(26)24-19(17-25-12-7-8-13-25)23(27)18-10-11-20-21(16-18)29-15-14-28-20/h10-11,16,19H,2-9,12-15,17H2,1H3,(H,24,26). The van der Waals surface area contributed by atoms with Gasteiger partial charge in [-0.2, -0.15) is 0 Å². The fraction of sp³-hybridized carbons (Fsp3) is 0.652. The number of ketones is 1. The van der Waals surface area contributed by atoms with Gasteiger partial charge >= 0.3 is 0 Å². The molecule has 6 nitrogen and oxygen atoms in total. The molecule has 1 N–H and O–H groups in total. The summed E-state index contributed by atoms with van der Waals surface area (Å²) in [4.78, 5) is 28.0. The van der Waals surface area contributed by atoms with Crippen molar-refractivity contribution in [2.45, 2.75) is 64.3 Å². The molecule has 0 bridgehead atoms. The zero-order chi connectivity index (χ0) is 20.5. The molecule has 0 saturated carbocycles. The number of nitrogens with one attached hydrogen (secondary N) is 1. The third-order valence-corrected chi connectivity index (χ3v) is 5.63. The lowest BCUT2D eigenvalue weighted by Gasteiger charge is -2.24. The molecule has 160 valence electrons. The van der Waals surface area contributed by atoms with Crippen molar-refractivity contribution in [3.05, 3.63) is 23.8 Å². The number of carbonyl (C=O) groups is 2. The molecular formula is C23H34N2O4. The zero-order valence-electron chi connectivity index (χ0n) is 17.6. The average Bonchev–Trinajstić information content (AvgIpc) is 3.25. The highest BCUT2D eigenvalue weighted by atomic mass is 16.6. The van der Waals surface area contributed by atoms with Crippen molar-refractivity contribution in [3.63, 3.8) is 0 Å². The second-order valence-electron chi connectivity index (χ2n) is 8.01. The number of carbonyl (C=O) groups excluding carboxylic acids is 2. The Balaban J connectivity index is 1.62. The molecule has 2 heterocycles. The molecule has 0 radical (unpaired) electrons. The van der Waals surface area contributed by atoms with Crippen LogP contribution < -0.4 is 14.8 Å². The Morgan fingerprint density at radius 2 is 1.76 bits per heavy atom. The quantitative estimate of drug-likeness (QED) is 0.453. The lowest BCUT2D eigenvalue weighted by molar-refractivity contribution is -0.121. The van der Waals surface area contributed by atoms with Crippen LogP contribution in [0.15, 0.2) is 18.2 Å². The Morgan fingerprint density at radius 3 is 2.52 bits per heavy atom. The van der Waals surface area contributed by atoms with Crippen molar-refractivity contribution >= 4 is 11.7 Å². The van der Waals surface area contributed by atoms with E-state index in [0.29, 0.717) is 43.2 Å². The molecule has 0 aromatic heterocycles. The van der Waals surface area contributed by atoms with Gasteiger partial charge in [-0.25, -0.2) is 0 Å². The fourth-order valence-corrected chi connectivity index (χ4v) is 3.97. The van der Waals surface area contributed by atoms with Gasteiger partial charge in [0.2, 0.25) is 5.91 Å². The number of rotatable bonds is 11. The smallest absolute Gasteiger partial charge is 0.220 e. The lowest BCUT2D eigenvalue weighted by atomic mass is 10.0. The van der Waals surface area contributed by atoms with E-state index in [2.05, 4.69) is 17.1 Å². The van der Waals surface area contributed by atoms with Gasteiger partial charge in [0.25, 0.3) is 0 Å². The van der Waals surface area contributed by atoms with Crippen LogP contribution in [0.25, 0.3) is 0 Å². The number of fused-ring (bicyclic) bond motifs is 1. The molecule has 1 atom stereocenters. The average molecular weight is 403 g/mol. The normalized spacial score (nSPS) is 17.1. The van der Waals surface area contributed by atoms with Crippen LogP contribution in [0.5, 0.6) is 11.5 Å². The second-order valence-corrected chi connectivity index (χ2v) is 8.01. The molecule has 6 heteroatoms. The van der Waals surface area contributed by atoms with Crippen LogP contribution in [-0.2, 0) is 4.79 Å². The first kappa shape index (κ1) is 21.6. The summed E-state index contributed by atoms with van der Waals surface area (Å²) >= 11 is 0. The SMILES string of the molecule is CCCCCCCC(=O)NC(CN1CCCC1)C(=O)c1ccc2c(c1)OCCO2. The van der Waals surface area contributed by atoms with Crippen LogP contribution in [0.4, 0.5) is 0 Å². The van der Waals surface area contributed by atoms with E-state index in [4.69, 9.17) is 9.47 Å². The second kappa shape index (κ2) is 11.2. The Kier molecular flexibility index (Phi) is 8.35. The summed E-state index contributed by atoms with van der Waals surface area (Å²) < 4.78 is 11.2. The predicted octanol–water partition coefficient (Wildman–Crippen LogP) is 3.58. The van der Waals surface area contributed by atoms with Gasteiger partial charge in [-0.3, -0.25) is 9.59 Å². The number of likely N-dealkylation sites (tertiary alicyclic amines) is 1. The van der Waals surface area contributed by atoms with E-state index in [9.17, 15) is 9.59 Å². The summed E-state index contributed by atoms with van der Waals surface area (Å²) in [6.45, 7) is 5.71. The number of ether oxygens (including phenoxy) is 2. The minimum atomic E-state index is -0.529. The van der Waals surface area contributed by atoms with E-state index in [1.807, 2.05) is 0 Å². The third-order valence-electron chi connectivity index (χ3n) is 5.63. The minimum Gasteiger partial charge on any atom is -0.486 e. The molecular weight excluding hydrogens is 368 g/mol. The van der Waals surface area contributed by atoms with Gasteiger partial charge in [-0.05, 0) is 50.6 Å². The van der Waals surface area contributed by atoms with E-state index in [0.717, 1.165) is 45.2 Å². The molecule has 29 heavy (non-hydrogen) atoms. The molecule has 0 aliphatic carbocycles. The van der Waals surface area contributed by atoms with Crippen LogP contribution in [-0.4, -0.2) is 55.5 Å². The van der Waals surface area contributed by atoms with Gasteiger partial charge < -0.3 is 19.7 Å². The van der Waals surface area contributed by atoms with Crippen molar-refractivity contribution in [1.29, 1.82) is 0 Å². The minimum absolute atomic E-state index is 0.0309. The first-order chi connectivity index (χ1) is 14.2. The topological polar surface area (TPSA) is 67.9 Å². The van der Waals surface area contributed by atoms with Gasteiger partial charge in [0.15, 0.2) is 17.3 Å². The fourth-order valence-electron chi connectivity index (χ4n) is 3.97. The number of nitrogens with zero attached hydrogens (tertiary/aromatic N) is 1. The molecule has 1 saturated heterocycles. The Morgan fingerprint density at radius 1 is 1.03 bits per heavy atom. The maximum Gasteiger partial charge on any atom is 0.220 e. The molecule has 1 fully saturated rings. The molecule has 1 amide bonds. The third kappa shape index (κ3) is 6.46. The van der Waals surface area contributed by atoms with E-state index in [1.165, 1.54) is 12.8 Å². The highest BCUT2D eigenvalue weighted by molar-refractivity contribution is 6.02. The van der Waals surface area contributed by atoms with E-state index in [1.54, 1.807) is 18.2 Å². The van der Waals surface area contributed by atoms with Crippen LogP contribution in [0.3, 0.4) is 0 Å². The van der Waals surface area contributed by atoms with Crippen LogP contribution >= 0.6 is 0 Å². The number of amides is 1. The zero-order valence-corrected chi connectivity index (χ0v) is 17.6. The predicted molar refractivity (Wildman–Crippen MR) is 113 cm³/mol. The van der Waals surface area contributed by atoms with Gasteiger partial charge in [-0.1, -0.05) is 32.6 Å². The first-order valence-electron chi connectivity index (χ1n) is 11.1. The van der Waals surface area contributed by atoms with Crippen molar-refractivity contribution in [1.82, 2.24) is 10.2 Å². The van der Waals surface area contributed by atoms with Crippen LogP contribution in [0.2, 0.25) is 0 Å². The summed E-state index contributed by atoms with van der Waals surface area (Å²) in [6, 6.07) is 4.76. The Hall–Kier alpha value is -2.08. The van der Waals surface area contributed by atoms with E-state index < -0.39 is 6.04 Å². The van der Waals surface area contributed by atoms with E-state index >= 15 is 0 Å². The molecule has 1 aromatic rings. The molecule has 3 rings (SSSR count). The van der Waals surface area contributed by atoms with Crippen molar-refractivity contribution < 1.29 is 19.1 Å².